The summed E-state index contributed by atoms with van der Waals surface area (Å²) in [5, 5.41) is 0. The Morgan fingerprint density at radius 2 is 1.70 bits per heavy atom. The van der Waals surface area contributed by atoms with Crippen molar-refractivity contribution in [3.8, 4) is 17.2 Å². The number of esters is 1. The molecule has 0 N–H and O–H groups in total. The van der Waals surface area contributed by atoms with Gasteiger partial charge in [0.05, 0.1) is 13.2 Å². The predicted molar refractivity (Wildman–Crippen MR) is 109 cm³/mol. The van der Waals surface area contributed by atoms with E-state index in [9.17, 15) is 4.79 Å². The molecule has 0 unspecified atom stereocenters. The number of para-hydroxylation sites is 1. The molecule has 0 aliphatic heterocycles. The van der Waals surface area contributed by atoms with E-state index in [1.165, 1.54) is 6.08 Å². The third-order valence-electron chi connectivity index (χ3n) is 3.87. The Labute approximate surface area is 161 Å². The minimum Gasteiger partial charge on any atom is -0.493 e. The van der Waals surface area contributed by atoms with Crippen LogP contribution >= 0.6 is 0 Å². The van der Waals surface area contributed by atoms with Gasteiger partial charge in [0.2, 0.25) is 0 Å². The van der Waals surface area contributed by atoms with Crippen LogP contribution in [-0.2, 0) is 10.2 Å². The lowest BCUT2D eigenvalue weighted by Gasteiger charge is -2.21. The molecular weight excluding hydrogens is 340 g/mol. The zero-order chi connectivity index (χ0) is 20.0. The van der Waals surface area contributed by atoms with Gasteiger partial charge in [-0.15, -0.1) is 0 Å². The smallest absolute Gasteiger partial charge is 0.336 e. The lowest BCUT2D eigenvalue weighted by molar-refractivity contribution is -0.128. The molecule has 0 spiro atoms. The van der Waals surface area contributed by atoms with Crippen molar-refractivity contribution in [3.63, 3.8) is 0 Å². The van der Waals surface area contributed by atoms with Crippen molar-refractivity contribution in [1.29, 1.82) is 0 Å². The number of carbonyl (C=O) groups excluding carboxylic acids is 1. The number of rotatable bonds is 6. The summed E-state index contributed by atoms with van der Waals surface area (Å²) in [5.74, 6) is 1.45. The van der Waals surface area contributed by atoms with E-state index in [-0.39, 0.29) is 11.5 Å². The maximum atomic E-state index is 12.3. The molecule has 0 saturated carbocycles. The van der Waals surface area contributed by atoms with Crippen molar-refractivity contribution in [1.82, 2.24) is 0 Å². The van der Waals surface area contributed by atoms with Crippen LogP contribution in [-0.4, -0.2) is 19.2 Å². The normalized spacial score (nSPS) is 11.7. The molecule has 0 heterocycles. The second-order valence-electron chi connectivity index (χ2n) is 7.58. The zero-order valence-electron chi connectivity index (χ0n) is 16.9. The van der Waals surface area contributed by atoms with Crippen molar-refractivity contribution >= 4 is 12.0 Å². The van der Waals surface area contributed by atoms with Gasteiger partial charge in [-0.05, 0) is 49.1 Å². The van der Waals surface area contributed by atoms with Crippen LogP contribution in [0, 0.1) is 0 Å². The predicted octanol–water partition coefficient (Wildman–Crippen LogP) is 5.40. The summed E-state index contributed by atoms with van der Waals surface area (Å²) in [5.41, 5.74) is 1.70. The molecule has 4 nitrogen and oxygen atoms in total. The van der Waals surface area contributed by atoms with Crippen molar-refractivity contribution < 1.29 is 19.0 Å². The molecule has 0 aliphatic rings. The monoisotopic (exact) mass is 368 g/mol. The van der Waals surface area contributed by atoms with Crippen molar-refractivity contribution in [2.24, 2.45) is 0 Å². The van der Waals surface area contributed by atoms with E-state index in [0.29, 0.717) is 17.2 Å². The first-order chi connectivity index (χ1) is 12.7. The topological polar surface area (TPSA) is 44.8 Å². The third-order valence-corrected chi connectivity index (χ3v) is 3.87. The molecule has 2 rings (SSSR count). The van der Waals surface area contributed by atoms with Crippen LogP contribution in [0.5, 0.6) is 17.2 Å². The largest absolute Gasteiger partial charge is 0.493 e. The Morgan fingerprint density at radius 3 is 2.33 bits per heavy atom. The summed E-state index contributed by atoms with van der Waals surface area (Å²) in [6.45, 7) is 10.2. The molecular formula is C23H28O4. The molecule has 27 heavy (non-hydrogen) atoms. The Balaban J connectivity index is 2.14. The van der Waals surface area contributed by atoms with Gasteiger partial charge in [-0.2, -0.15) is 0 Å². The van der Waals surface area contributed by atoms with Gasteiger partial charge in [0.25, 0.3) is 0 Å². The number of ether oxygens (including phenoxy) is 3. The average molecular weight is 368 g/mol. The fraction of sp³-hybridized carbons (Fsp3) is 0.348. The van der Waals surface area contributed by atoms with Crippen LogP contribution in [0.2, 0.25) is 0 Å². The van der Waals surface area contributed by atoms with Crippen molar-refractivity contribution in [2.75, 3.05) is 7.11 Å². The minimum absolute atomic E-state index is 0.0538. The SMILES string of the molecule is COc1cc(/C=C/C(=O)Oc2ccccc2C(C)(C)C)ccc1OC(C)C. The molecule has 0 aliphatic carbocycles. The van der Waals surface area contributed by atoms with Crippen LogP contribution < -0.4 is 14.2 Å². The summed E-state index contributed by atoms with van der Waals surface area (Å²) in [7, 11) is 1.59. The van der Waals surface area contributed by atoms with Crippen molar-refractivity contribution in [3.05, 3.63) is 59.7 Å². The first-order valence-electron chi connectivity index (χ1n) is 9.05. The highest BCUT2D eigenvalue weighted by Gasteiger charge is 2.19. The van der Waals surface area contributed by atoms with Crippen molar-refractivity contribution in [2.45, 2.75) is 46.1 Å². The van der Waals surface area contributed by atoms with E-state index >= 15 is 0 Å². The zero-order valence-corrected chi connectivity index (χ0v) is 16.9. The van der Waals surface area contributed by atoms with Crippen LogP contribution in [0.25, 0.3) is 6.08 Å². The Kier molecular flexibility index (Phi) is 6.67. The fourth-order valence-corrected chi connectivity index (χ4v) is 2.62. The van der Waals surface area contributed by atoms with E-state index < -0.39 is 5.97 Å². The van der Waals surface area contributed by atoms with Crippen LogP contribution in [0.3, 0.4) is 0 Å². The van der Waals surface area contributed by atoms with E-state index in [4.69, 9.17) is 14.2 Å². The number of benzene rings is 2. The van der Waals surface area contributed by atoms with Crippen LogP contribution in [0.15, 0.2) is 48.5 Å². The molecule has 4 heteroatoms. The standard InChI is InChI=1S/C23H28O4/c1-16(2)26-20-13-11-17(15-21(20)25-6)12-14-22(24)27-19-10-8-7-9-18(19)23(3,4)5/h7-16H,1-6H3/b14-12+. The molecule has 0 bridgehead atoms. The van der Waals surface area contributed by atoms with Gasteiger partial charge >= 0.3 is 5.97 Å². The van der Waals surface area contributed by atoms with Crippen LogP contribution in [0.1, 0.15) is 45.7 Å². The van der Waals surface area contributed by atoms with Gasteiger partial charge in [0, 0.05) is 11.6 Å². The van der Waals surface area contributed by atoms with E-state index in [2.05, 4.69) is 20.8 Å². The third kappa shape index (κ3) is 5.88. The molecule has 144 valence electrons. The highest BCUT2D eigenvalue weighted by molar-refractivity contribution is 5.89. The summed E-state index contributed by atoms with van der Waals surface area (Å²) >= 11 is 0. The lowest BCUT2D eigenvalue weighted by atomic mass is 9.86. The first kappa shape index (κ1) is 20.6. The number of hydrogen-bond donors (Lipinski definition) is 0. The molecule has 0 aromatic heterocycles. The molecule has 2 aromatic carbocycles. The molecule has 2 aromatic rings. The Bertz CT molecular complexity index is 813. The van der Waals surface area contributed by atoms with Gasteiger partial charge < -0.3 is 14.2 Å². The highest BCUT2D eigenvalue weighted by atomic mass is 16.5. The van der Waals surface area contributed by atoms with Gasteiger partial charge in [-0.25, -0.2) is 4.79 Å². The minimum atomic E-state index is -0.423. The van der Waals surface area contributed by atoms with E-state index in [1.54, 1.807) is 13.2 Å². The number of carbonyl (C=O) groups is 1. The van der Waals surface area contributed by atoms with Gasteiger partial charge in [-0.3, -0.25) is 0 Å². The summed E-state index contributed by atoms with van der Waals surface area (Å²) in [4.78, 5) is 12.3. The molecule has 0 amide bonds. The maximum absolute atomic E-state index is 12.3. The average Bonchev–Trinajstić information content (AvgIpc) is 2.60. The molecule has 0 saturated heterocycles. The Hall–Kier alpha value is -2.75. The highest BCUT2D eigenvalue weighted by Crippen LogP contribution is 2.31. The number of methoxy groups -OCH3 is 1. The molecule has 0 atom stereocenters. The second kappa shape index (κ2) is 8.76. The Morgan fingerprint density at radius 1 is 1.00 bits per heavy atom. The van der Waals surface area contributed by atoms with Gasteiger partial charge in [0.1, 0.15) is 5.75 Å². The van der Waals surface area contributed by atoms with Gasteiger partial charge in [0.15, 0.2) is 11.5 Å². The summed E-state index contributed by atoms with van der Waals surface area (Å²) in [6.07, 6.45) is 3.17. The van der Waals surface area contributed by atoms with Gasteiger partial charge in [-0.1, -0.05) is 45.0 Å². The van der Waals surface area contributed by atoms with E-state index in [1.807, 2.05) is 56.3 Å². The molecule has 0 fully saturated rings. The number of hydrogen-bond acceptors (Lipinski definition) is 4. The van der Waals surface area contributed by atoms with E-state index in [0.717, 1.165) is 11.1 Å². The second-order valence-corrected chi connectivity index (χ2v) is 7.58. The molecule has 0 radical (unpaired) electrons. The summed E-state index contributed by atoms with van der Waals surface area (Å²) in [6, 6.07) is 13.1. The summed E-state index contributed by atoms with van der Waals surface area (Å²) < 4.78 is 16.6. The maximum Gasteiger partial charge on any atom is 0.336 e. The lowest BCUT2D eigenvalue weighted by Crippen LogP contribution is -2.15. The van der Waals surface area contributed by atoms with Crippen LogP contribution in [0.4, 0.5) is 0 Å². The first-order valence-corrected chi connectivity index (χ1v) is 9.05. The fourth-order valence-electron chi connectivity index (χ4n) is 2.62. The quantitative estimate of drug-likeness (QED) is 0.389.